The van der Waals surface area contributed by atoms with Gasteiger partial charge in [0.15, 0.2) is 0 Å². The Morgan fingerprint density at radius 1 is 1.56 bits per heavy atom. The van der Waals surface area contributed by atoms with Crippen LogP contribution in [0.2, 0.25) is 5.02 Å². The highest BCUT2D eigenvalue weighted by Crippen LogP contribution is 2.32. The summed E-state index contributed by atoms with van der Waals surface area (Å²) >= 11 is 9.55. The minimum Gasteiger partial charge on any atom is -0.311 e. The summed E-state index contributed by atoms with van der Waals surface area (Å²) in [5, 5.41) is 1.51. The highest BCUT2D eigenvalue weighted by Gasteiger charge is 2.30. The number of carbonyl (C=O) groups excluding carboxylic acids is 1. The lowest BCUT2D eigenvalue weighted by atomic mass is 10.1. The fraction of sp³-hybridized carbons (Fsp3) is 0.417. The third-order valence-corrected chi connectivity index (χ3v) is 4.05. The highest BCUT2D eigenvalue weighted by atomic mass is 79.9. The number of alkyl halides is 1. The molecule has 0 aliphatic carbocycles. The molecule has 1 unspecified atom stereocenters. The van der Waals surface area contributed by atoms with Crippen molar-refractivity contribution in [3.63, 3.8) is 0 Å². The number of hydrogen-bond acceptors (Lipinski definition) is 1. The van der Waals surface area contributed by atoms with E-state index in [1.54, 1.807) is 4.90 Å². The van der Waals surface area contributed by atoms with E-state index >= 15 is 0 Å². The second-order valence-corrected chi connectivity index (χ2v) is 5.24. The molecule has 16 heavy (non-hydrogen) atoms. The van der Waals surface area contributed by atoms with E-state index in [-0.39, 0.29) is 5.91 Å². The van der Waals surface area contributed by atoms with Gasteiger partial charge < -0.3 is 4.90 Å². The Kier molecular flexibility index (Phi) is 3.55. The van der Waals surface area contributed by atoms with Crippen LogP contribution in [0.5, 0.6) is 0 Å². The number of hydrogen-bond donors (Lipinski definition) is 0. The van der Waals surface area contributed by atoms with Crippen molar-refractivity contribution in [2.75, 3.05) is 16.8 Å². The molecule has 2 nitrogen and oxygen atoms in total. The maximum atomic E-state index is 11.9. The van der Waals surface area contributed by atoms with Gasteiger partial charge in [0.25, 0.3) is 0 Å². The van der Waals surface area contributed by atoms with Gasteiger partial charge in [-0.3, -0.25) is 4.79 Å². The zero-order valence-electron chi connectivity index (χ0n) is 9.04. The summed E-state index contributed by atoms with van der Waals surface area (Å²) in [6.45, 7) is 2.76. The molecule has 86 valence electrons. The monoisotopic (exact) mass is 301 g/mol. The molecule has 0 saturated carbocycles. The van der Waals surface area contributed by atoms with Crippen molar-refractivity contribution in [3.05, 3.63) is 28.8 Å². The van der Waals surface area contributed by atoms with Crippen molar-refractivity contribution in [1.82, 2.24) is 0 Å². The van der Waals surface area contributed by atoms with Crippen LogP contribution >= 0.6 is 27.5 Å². The standard InChI is InChI=1S/C12H13BrClNO/c1-8-2-3-10(14)11(4-8)15-7-9(6-13)5-12(15)16/h2-4,9H,5-7H2,1H3. The molecule has 1 aliphatic heterocycles. The molecular weight excluding hydrogens is 289 g/mol. The Bertz CT molecular complexity index is 421. The lowest BCUT2D eigenvalue weighted by Crippen LogP contribution is -2.25. The van der Waals surface area contributed by atoms with E-state index in [9.17, 15) is 4.79 Å². The van der Waals surface area contributed by atoms with Crippen LogP contribution in [0.25, 0.3) is 0 Å². The summed E-state index contributed by atoms with van der Waals surface area (Å²) < 4.78 is 0. The minimum atomic E-state index is 0.164. The second kappa shape index (κ2) is 4.76. The van der Waals surface area contributed by atoms with E-state index in [1.807, 2.05) is 25.1 Å². The predicted octanol–water partition coefficient (Wildman–Crippen LogP) is 3.40. The number of carbonyl (C=O) groups is 1. The van der Waals surface area contributed by atoms with Crippen molar-refractivity contribution < 1.29 is 4.79 Å². The van der Waals surface area contributed by atoms with Crippen molar-refractivity contribution >= 4 is 39.1 Å². The topological polar surface area (TPSA) is 20.3 Å². The molecule has 1 fully saturated rings. The summed E-state index contributed by atoms with van der Waals surface area (Å²) in [5.41, 5.74) is 1.96. The molecule has 1 aromatic rings. The van der Waals surface area contributed by atoms with Crippen molar-refractivity contribution in [1.29, 1.82) is 0 Å². The van der Waals surface area contributed by atoms with Crippen LogP contribution in [0.4, 0.5) is 5.69 Å². The third kappa shape index (κ3) is 2.25. The summed E-state index contributed by atoms with van der Waals surface area (Å²) in [5.74, 6) is 0.557. The van der Waals surface area contributed by atoms with Crippen LogP contribution in [-0.4, -0.2) is 17.8 Å². The second-order valence-electron chi connectivity index (χ2n) is 4.18. The largest absolute Gasteiger partial charge is 0.311 e. The lowest BCUT2D eigenvalue weighted by Gasteiger charge is -2.18. The van der Waals surface area contributed by atoms with Crippen LogP contribution in [0.15, 0.2) is 18.2 Å². The quantitative estimate of drug-likeness (QED) is 0.767. The summed E-state index contributed by atoms with van der Waals surface area (Å²) in [7, 11) is 0. The SMILES string of the molecule is Cc1ccc(Cl)c(N2CC(CBr)CC2=O)c1. The van der Waals surface area contributed by atoms with Gasteiger partial charge in [0, 0.05) is 18.3 Å². The smallest absolute Gasteiger partial charge is 0.227 e. The maximum absolute atomic E-state index is 11.9. The van der Waals surface area contributed by atoms with Gasteiger partial charge in [-0.2, -0.15) is 0 Å². The van der Waals surface area contributed by atoms with Crippen molar-refractivity contribution in [2.45, 2.75) is 13.3 Å². The molecule has 0 spiro atoms. The van der Waals surface area contributed by atoms with Gasteiger partial charge in [-0.25, -0.2) is 0 Å². The van der Waals surface area contributed by atoms with Crippen LogP contribution in [-0.2, 0) is 4.79 Å². The van der Waals surface area contributed by atoms with Crippen LogP contribution in [0.3, 0.4) is 0 Å². The van der Waals surface area contributed by atoms with Crippen molar-refractivity contribution in [2.24, 2.45) is 5.92 Å². The highest BCUT2D eigenvalue weighted by molar-refractivity contribution is 9.09. The number of benzene rings is 1. The average molecular weight is 303 g/mol. The third-order valence-electron chi connectivity index (χ3n) is 2.82. The molecule has 0 aromatic heterocycles. The van der Waals surface area contributed by atoms with Crippen LogP contribution < -0.4 is 4.90 Å². The van der Waals surface area contributed by atoms with Gasteiger partial charge >= 0.3 is 0 Å². The first-order valence-electron chi connectivity index (χ1n) is 5.24. The first kappa shape index (κ1) is 11.9. The number of rotatable bonds is 2. The first-order chi connectivity index (χ1) is 7.61. The molecule has 4 heteroatoms. The zero-order chi connectivity index (χ0) is 11.7. The van der Waals surface area contributed by atoms with Gasteiger partial charge in [-0.15, -0.1) is 0 Å². The van der Waals surface area contributed by atoms with Crippen LogP contribution in [0, 0.1) is 12.8 Å². The van der Waals surface area contributed by atoms with E-state index in [0.29, 0.717) is 17.4 Å². The Labute approximate surface area is 109 Å². The molecular formula is C12H13BrClNO. The molecule has 0 bridgehead atoms. The van der Waals surface area contributed by atoms with Crippen molar-refractivity contribution in [3.8, 4) is 0 Å². The van der Waals surface area contributed by atoms with Gasteiger partial charge in [0.05, 0.1) is 10.7 Å². The number of amides is 1. The van der Waals surface area contributed by atoms with Gasteiger partial charge in [0.2, 0.25) is 5.91 Å². The molecule has 1 saturated heterocycles. The zero-order valence-corrected chi connectivity index (χ0v) is 11.4. The lowest BCUT2D eigenvalue weighted by molar-refractivity contribution is -0.117. The Morgan fingerprint density at radius 3 is 2.94 bits per heavy atom. The number of anilines is 1. The van der Waals surface area contributed by atoms with E-state index in [4.69, 9.17) is 11.6 Å². The van der Waals surface area contributed by atoms with Crippen LogP contribution in [0.1, 0.15) is 12.0 Å². The predicted molar refractivity (Wildman–Crippen MR) is 70.4 cm³/mol. The molecule has 1 aliphatic rings. The first-order valence-corrected chi connectivity index (χ1v) is 6.74. The Hall–Kier alpha value is -0.540. The molecule has 0 N–H and O–H groups in total. The van der Waals surface area contributed by atoms with Gasteiger partial charge in [0.1, 0.15) is 0 Å². The van der Waals surface area contributed by atoms with Gasteiger partial charge in [-0.1, -0.05) is 33.6 Å². The molecule has 1 heterocycles. The fourth-order valence-corrected chi connectivity index (χ4v) is 2.60. The number of halogens is 2. The maximum Gasteiger partial charge on any atom is 0.227 e. The Balaban J connectivity index is 2.30. The number of nitrogens with zero attached hydrogens (tertiary/aromatic N) is 1. The fourth-order valence-electron chi connectivity index (χ4n) is 1.95. The molecule has 1 aromatic carbocycles. The summed E-state index contributed by atoms with van der Waals surface area (Å²) in [6.07, 6.45) is 0.607. The molecule has 0 radical (unpaired) electrons. The minimum absolute atomic E-state index is 0.164. The summed E-state index contributed by atoms with van der Waals surface area (Å²) in [4.78, 5) is 13.6. The molecule has 1 atom stereocenters. The molecule has 1 amide bonds. The van der Waals surface area contributed by atoms with E-state index < -0.39 is 0 Å². The summed E-state index contributed by atoms with van der Waals surface area (Å²) in [6, 6.07) is 5.77. The van der Waals surface area contributed by atoms with Gasteiger partial charge in [-0.05, 0) is 30.5 Å². The molecule has 2 rings (SSSR count). The van der Waals surface area contributed by atoms with E-state index in [2.05, 4.69) is 15.9 Å². The Morgan fingerprint density at radius 2 is 2.31 bits per heavy atom. The van der Waals surface area contributed by atoms with E-state index in [1.165, 1.54) is 0 Å². The number of aryl methyl sites for hydroxylation is 1. The normalized spacial score (nSPS) is 20.6. The van der Waals surface area contributed by atoms with E-state index in [0.717, 1.165) is 23.1 Å². The average Bonchev–Trinajstić information content (AvgIpc) is 2.63.